The van der Waals surface area contributed by atoms with Crippen LogP contribution in [-0.2, 0) is 0 Å². The summed E-state index contributed by atoms with van der Waals surface area (Å²) in [5.74, 6) is -1.35. The van der Waals surface area contributed by atoms with Crippen molar-refractivity contribution in [1.82, 2.24) is 0 Å². The van der Waals surface area contributed by atoms with Gasteiger partial charge in [-0.15, -0.1) is 0 Å². The van der Waals surface area contributed by atoms with Gasteiger partial charge in [-0.25, -0.2) is 8.78 Å². The van der Waals surface area contributed by atoms with E-state index >= 15 is 0 Å². The van der Waals surface area contributed by atoms with Crippen molar-refractivity contribution in [2.45, 2.75) is 19.9 Å². The third kappa shape index (κ3) is 2.27. The average Bonchev–Trinajstić information content (AvgIpc) is 2.43. The highest BCUT2D eigenvalue weighted by molar-refractivity contribution is 5.87. The zero-order valence-corrected chi connectivity index (χ0v) is 11.7. The van der Waals surface area contributed by atoms with E-state index in [0.29, 0.717) is 11.3 Å². The fraction of sp³-hybridized carbons (Fsp3) is 0.176. The lowest BCUT2D eigenvalue weighted by Crippen LogP contribution is -2.16. The van der Waals surface area contributed by atoms with Gasteiger partial charge in [-0.2, -0.15) is 0 Å². The minimum Gasteiger partial charge on any atom is -0.505 e. The predicted octanol–water partition coefficient (Wildman–Crippen LogP) is 4.47. The summed E-state index contributed by atoms with van der Waals surface area (Å²) in [5, 5.41) is 13.6. The number of benzene rings is 2. The van der Waals surface area contributed by atoms with Crippen molar-refractivity contribution in [2.24, 2.45) is 0 Å². The molecule has 2 aromatic rings. The zero-order chi connectivity index (χ0) is 15.1. The molecule has 2 nitrogen and oxygen atoms in total. The molecule has 1 aliphatic heterocycles. The Morgan fingerprint density at radius 3 is 2.62 bits per heavy atom. The summed E-state index contributed by atoms with van der Waals surface area (Å²) in [6.45, 7) is 3.85. The Hall–Kier alpha value is -2.36. The zero-order valence-electron chi connectivity index (χ0n) is 11.7. The summed E-state index contributed by atoms with van der Waals surface area (Å²) < 4.78 is 27.0. The molecule has 4 heteroatoms. The van der Waals surface area contributed by atoms with Gasteiger partial charge in [0, 0.05) is 28.8 Å². The van der Waals surface area contributed by atoms with Gasteiger partial charge in [0.1, 0.15) is 17.4 Å². The number of hydrogen-bond donors (Lipinski definition) is 2. The van der Waals surface area contributed by atoms with Crippen LogP contribution in [-0.4, -0.2) is 11.1 Å². The van der Waals surface area contributed by atoms with Crippen molar-refractivity contribution in [3.63, 3.8) is 0 Å². The van der Waals surface area contributed by atoms with Gasteiger partial charge in [0.25, 0.3) is 0 Å². The highest BCUT2D eigenvalue weighted by Gasteiger charge is 2.20. The lowest BCUT2D eigenvalue weighted by molar-refractivity contribution is 0.477. The summed E-state index contributed by atoms with van der Waals surface area (Å²) in [5.41, 5.74) is 2.93. The number of halogens is 2. The molecule has 0 aliphatic carbocycles. The Balaban J connectivity index is 2.23. The molecule has 0 saturated heterocycles. The summed E-state index contributed by atoms with van der Waals surface area (Å²) in [4.78, 5) is 0. The fourth-order valence-electron chi connectivity index (χ4n) is 2.61. The van der Waals surface area contributed by atoms with Crippen molar-refractivity contribution in [2.75, 3.05) is 5.32 Å². The van der Waals surface area contributed by atoms with Crippen LogP contribution < -0.4 is 5.32 Å². The Bertz CT molecular complexity index is 753. The van der Waals surface area contributed by atoms with Crippen LogP contribution in [0.25, 0.3) is 17.2 Å². The van der Waals surface area contributed by atoms with Gasteiger partial charge in [-0.3, -0.25) is 0 Å². The quantitative estimate of drug-likeness (QED) is 0.758. The van der Waals surface area contributed by atoms with Crippen LogP contribution in [0.3, 0.4) is 0 Å². The molecule has 1 atom stereocenters. The number of phenolic OH excluding ortho intramolecular Hbond substituents is 1. The minimum atomic E-state index is -0.691. The summed E-state index contributed by atoms with van der Waals surface area (Å²) in [6, 6.07) is 5.14. The summed E-state index contributed by atoms with van der Waals surface area (Å²) in [7, 11) is 0. The van der Waals surface area contributed by atoms with E-state index in [4.69, 9.17) is 0 Å². The molecule has 108 valence electrons. The Morgan fingerprint density at radius 1 is 1.14 bits per heavy atom. The standard InChI is InChI=1S/C17H15F2NO/c1-9-7-14(13-6-4-11(18)8-15(13)19)17(21)16-12(9)5-3-10(2)20-16/h3-8,10,20-21H,1-2H3. The number of rotatable bonds is 1. The van der Waals surface area contributed by atoms with E-state index in [0.717, 1.165) is 17.2 Å². The number of hydrogen-bond acceptors (Lipinski definition) is 2. The molecule has 0 bridgehead atoms. The van der Waals surface area contributed by atoms with Gasteiger partial charge in [0.15, 0.2) is 0 Å². The van der Waals surface area contributed by atoms with Crippen LogP contribution in [0.5, 0.6) is 5.75 Å². The van der Waals surface area contributed by atoms with Crippen LogP contribution in [0.15, 0.2) is 30.3 Å². The van der Waals surface area contributed by atoms with E-state index in [2.05, 4.69) is 5.32 Å². The lowest BCUT2D eigenvalue weighted by atomic mass is 9.94. The monoisotopic (exact) mass is 287 g/mol. The SMILES string of the molecule is Cc1cc(-c2ccc(F)cc2F)c(O)c2c1C=CC(C)N2. The van der Waals surface area contributed by atoms with Gasteiger partial charge in [-0.05, 0) is 37.6 Å². The Morgan fingerprint density at radius 2 is 1.90 bits per heavy atom. The second-order valence-electron chi connectivity index (χ2n) is 5.29. The average molecular weight is 287 g/mol. The molecule has 1 unspecified atom stereocenters. The maximum absolute atomic E-state index is 14.0. The number of aryl methyl sites for hydroxylation is 1. The van der Waals surface area contributed by atoms with E-state index in [-0.39, 0.29) is 17.4 Å². The number of anilines is 1. The molecule has 0 radical (unpaired) electrons. The minimum absolute atomic E-state index is 0.0164. The van der Waals surface area contributed by atoms with Crippen molar-refractivity contribution in [3.05, 3.63) is 53.1 Å². The topological polar surface area (TPSA) is 32.3 Å². The molecule has 21 heavy (non-hydrogen) atoms. The molecular weight excluding hydrogens is 272 g/mol. The predicted molar refractivity (Wildman–Crippen MR) is 80.3 cm³/mol. The first-order valence-electron chi connectivity index (χ1n) is 6.74. The largest absolute Gasteiger partial charge is 0.505 e. The first-order chi connectivity index (χ1) is 9.97. The molecule has 0 aromatic heterocycles. The van der Waals surface area contributed by atoms with Crippen LogP contribution in [0.2, 0.25) is 0 Å². The van der Waals surface area contributed by atoms with Crippen molar-refractivity contribution < 1.29 is 13.9 Å². The second kappa shape index (κ2) is 4.88. The third-order valence-corrected chi connectivity index (χ3v) is 3.69. The molecule has 3 rings (SSSR count). The molecular formula is C17H15F2NO. The lowest BCUT2D eigenvalue weighted by Gasteiger charge is -2.23. The van der Waals surface area contributed by atoms with Crippen LogP contribution in [0, 0.1) is 18.6 Å². The van der Waals surface area contributed by atoms with Crippen molar-refractivity contribution in [1.29, 1.82) is 0 Å². The smallest absolute Gasteiger partial charge is 0.147 e. The first kappa shape index (κ1) is 13.6. The van der Waals surface area contributed by atoms with Gasteiger partial charge in [0.2, 0.25) is 0 Å². The van der Waals surface area contributed by atoms with E-state index in [1.165, 1.54) is 12.1 Å². The molecule has 0 amide bonds. The molecule has 2 aromatic carbocycles. The molecule has 2 N–H and O–H groups in total. The highest BCUT2D eigenvalue weighted by Crippen LogP contribution is 2.43. The number of nitrogens with one attached hydrogen (secondary N) is 1. The Kier molecular flexibility index (Phi) is 3.16. The van der Waals surface area contributed by atoms with E-state index in [1.54, 1.807) is 6.07 Å². The number of aromatic hydroxyl groups is 1. The maximum atomic E-state index is 14.0. The van der Waals surface area contributed by atoms with Crippen molar-refractivity contribution >= 4 is 11.8 Å². The second-order valence-corrected chi connectivity index (χ2v) is 5.29. The van der Waals surface area contributed by atoms with Gasteiger partial charge >= 0.3 is 0 Å². The van der Waals surface area contributed by atoms with Crippen LogP contribution in [0.1, 0.15) is 18.1 Å². The Labute approximate surface area is 121 Å². The maximum Gasteiger partial charge on any atom is 0.147 e. The first-order valence-corrected chi connectivity index (χ1v) is 6.74. The van der Waals surface area contributed by atoms with E-state index in [1.807, 2.05) is 26.0 Å². The summed E-state index contributed by atoms with van der Waals surface area (Å²) in [6.07, 6.45) is 3.93. The van der Waals surface area contributed by atoms with Crippen LogP contribution in [0.4, 0.5) is 14.5 Å². The normalized spacial score (nSPS) is 16.5. The molecule has 0 spiro atoms. The molecule has 1 heterocycles. The third-order valence-electron chi connectivity index (χ3n) is 3.69. The number of fused-ring (bicyclic) bond motifs is 1. The van der Waals surface area contributed by atoms with E-state index in [9.17, 15) is 13.9 Å². The molecule has 1 aliphatic rings. The van der Waals surface area contributed by atoms with E-state index < -0.39 is 11.6 Å². The van der Waals surface area contributed by atoms with Crippen LogP contribution >= 0.6 is 0 Å². The van der Waals surface area contributed by atoms with Gasteiger partial charge in [-0.1, -0.05) is 12.2 Å². The number of phenols is 1. The highest BCUT2D eigenvalue weighted by atomic mass is 19.1. The van der Waals surface area contributed by atoms with Gasteiger partial charge in [0.05, 0.1) is 5.69 Å². The van der Waals surface area contributed by atoms with Gasteiger partial charge < -0.3 is 10.4 Å². The molecule has 0 saturated carbocycles. The molecule has 0 fully saturated rings. The fourth-order valence-corrected chi connectivity index (χ4v) is 2.61. The van der Waals surface area contributed by atoms with Crippen molar-refractivity contribution in [3.8, 4) is 16.9 Å². The summed E-state index contributed by atoms with van der Waals surface area (Å²) >= 11 is 0.